The third-order valence-electron chi connectivity index (χ3n) is 3.07. The minimum absolute atomic E-state index is 0.112. The number of benzene rings is 1. The van der Waals surface area contributed by atoms with E-state index in [9.17, 15) is 13.2 Å². The van der Waals surface area contributed by atoms with E-state index in [1.165, 1.54) is 0 Å². The van der Waals surface area contributed by atoms with Gasteiger partial charge in [0.2, 0.25) is 0 Å². The highest BCUT2D eigenvalue weighted by Crippen LogP contribution is 2.23. The molecule has 0 aliphatic heterocycles. The summed E-state index contributed by atoms with van der Waals surface area (Å²) in [5.74, 6) is 0. The van der Waals surface area contributed by atoms with Crippen LogP contribution >= 0.6 is 0 Å². The third kappa shape index (κ3) is 5.96. The summed E-state index contributed by atoms with van der Waals surface area (Å²) in [6, 6.07) is 7.57. The van der Waals surface area contributed by atoms with Crippen LogP contribution in [-0.4, -0.2) is 19.3 Å². The summed E-state index contributed by atoms with van der Waals surface area (Å²) in [7, 11) is 0. The van der Waals surface area contributed by atoms with Gasteiger partial charge in [0.15, 0.2) is 0 Å². The Hall–Kier alpha value is -1.23. The van der Waals surface area contributed by atoms with Crippen molar-refractivity contribution in [1.82, 2.24) is 5.32 Å². The van der Waals surface area contributed by atoms with Crippen LogP contribution in [0.1, 0.15) is 32.3 Å². The number of anilines is 1. The smallest absolute Gasteiger partial charge is 0.389 e. The number of nitrogen functional groups attached to an aromatic ring is 1. The van der Waals surface area contributed by atoms with Gasteiger partial charge in [0.05, 0.1) is 0 Å². The molecule has 0 aliphatic carbocycles. The molecule has 0 atom stereocenters. The van der Waals surface area contributed by atoms with Gasteiger partial charge < -0.3 is 11.1 Å². The minimum atomic E-state index is -4.06. The lowest BCUT2D eigenvalue weighted by atomic mass is 9.84. The monoisotopic (exact) mass is 274 g/mol. The Bertz CT molecular complexity index is 383. The van der Waals surface area contributed by atoms with Crippen LogP contribution in [0.15, 0.2) is 24.3 Å². The molecule has 0 aromatic heterocycles. The maximum atomic E-state index is 12.0. The lowest BCUT2D eigenvalue weighted by Gasteiger charge is -2.26. The largest absolute Gasteiger partial charge is 0.399 e. The quantitative estimate of drug-likeness (QED) is 0.615. The normalized spacial score (nSPS) is 12.7. The summed E-state index contributed by atoms with van der Waals surface area (Å²) in [4.78, 5) is 0. The molecule has 3 N–H and O–H groups in total. The predicted octanol–water partition coefficient (Wildman–Crippen LogP) is 3.48. The molecule has 0 fully saturated rings. The first-order chi connectivity index (χ1) is 8.71. The molecule has 0 spiro atoms. The summed E-state index contributed by atoms with van der Waals surface area (Å²) >= 11 is 0. The molecule has 5 heteroatoms. The molecule has 1 rings (SSSR count). The Morgan fingerprint density at radius 1 is 1.11 bits per heavy atom. The van der Waals surface area contributed by atoms with E-state index in [4.69, 9.17) is 5.73 Å². The van der Waals surface area contributed by atoms with Crippen molar-refractivity contribution in [3.63, 3.8) is 0 Å². The summed E-state index contributed by atoms with van der Waals surface area (Å²) in [6.45, 7) is 5.11. The number of nitrogens with two attached hydrogens (primary N) is 1. The summed E-state index contributed by atoms with van der Waals surface area (Å²) in [6.07, 6.45) is -4.68. The topological polar surface area (TPSA) is 38.0 Å². The van der Waals surface area contributed by atoms with E-state index in [-0.39, 0.29) is 11.8 Å². The Balaban J connectivity index is 2.37. The van der Waals surface area contributed by atoms with E-state index in [0.717, 1.165) is 5.56 Å². The summed E-state index contributed by atoms with van der Waals surface area (Å²) in [5.41, 5.74) is 7.32. The van der Waals surface area contributed by atoms with Gasteiger partial charge in [0.25, 0.3) is 0 Å². The van der Waals surface area contributed by atoms with E-state index in [1.54, 1.807) is 0 Å². The van der Waals surface area contributed by atoms with Gasteiger partial charge >= 0.3 is 6.18 Å². The van der Waals surface area contributed by atoms with E-state index in [2.05, 4.69) is 19.2 Å². The van der Waals surface area contributed by atoms with Gasteiger partial charge in [0, 0.05) is 24.1 Å². The van der Waals surface area contributed by atoms with Crippen LogP contribution in [-0.2, 0) is 5.41 Å². The molecule has 0 unspecified atom stereocenters. The zero-order valence-electron chi connectivity index (χ0n) is 11.3. The Labute approximate surface area is 112 Å². The number of alkyl halides is 3. The second kappa shape index (κ2) is 6.28. The number of nitrogens with one attached hydrogen (secondary N) is 1. The molecule has 0 amide bonds. The molecule has 0 saturated carbocycles. The molecule has 0 aliphatic rings. The summed E-state index contributed by atoms with van der Waals surface area (Å²) < 4.78 is 35.9. The molecule has 0 bridgehead atoms. The van der Waals surface area contributed by atoms with Crippen molar-refractivity contribution in [3.8, 4) is 0 Å². The van der Waals surface area contributed by atoms with Crippen molar-refractivity contribution in [2.45, 2.75) is 38.3 Å². The van der Waals surface area contributed by atoms with Gasteiger partial charge in [0.1, 0.15) is 0 Å². The highest BCUT2D eigenvalue weighted by molar-refractivity contribution is 5.41. The first kappa shape index (κ1) is 15.8. The lowest BCUT2D eigenvalue weighted by Crippen LogP contribution is -2.33. The zero-order valence-corrected chi connectivity index (χ0v) is 11.3. The average molecular weight is 274 g/mol. The van der Waals surface area contributed by atoms with Gasteiger partial charge in [-0.3, -0.25) is 0 Å². The van der Waals surface area contributed by atoms with Crippen molar-refractivity contribution in [2.75, 3.05) is 18.8 Å². The SMILES string of the molecule is CC(C)(CNCCCC(F)(F)F)c1ccc(N)cc1. The zero-order chi connectivity index (χ0) is 14.5. The highest BCUT2D eigenvalue weighted by atomic mass is 19.4. The van der Waals surface area contributed by atoms with Crippen molar-refractivity contribution in [1.29, 1.82) is 0 Å². The van der Waals surface area contributed by atoms with Gasteiger partial charge in [-0.15, -0.1) is 0 Å². The van der Waals surface area contributed by atoms with Crippen LogP contribution in [0, 0.1) is 0 Å². The van der Waals surface area contributed by atoms with E-state index in [1.807, 2.05) is 24.3 Å². The average Bonchev–Trinajstić information content (AvgIpc) is 2.27. The van der Waals surface area contributed by atoms with Crippen molar-refractivity contribution in [2.24, 2.45) is 0 Å². The highest BCUT2D eigenvalue weighted by Gasteiger charge is 2.26. The van der Waals surface area contributed by atoms with Crippen LogP contribution in [0.5, 0.6) is 0 Å². The first-order valence-electron chi connectivity index (χ1n) is 6.34. The van der Waals surface area contributed by atoms with Crippen molar-refractivity contribution >= 4 is 5.69 Å². The number of rotatable bonds is 6. The lowest BCUT2D eigenvalue weighted by molar-refractivity contribution is -0.135. The van der Waals surface area contributed by atoms with Crippen LogP contribution in [0.3, 0.4) is 0 Å². The molecule has 108 valence electrons. The maximum absolute atomic E-state index is 12.0. The fourth-order valence-electron chi connectivity index (χ4n) is 1.85. The molecule has 0 saturated heterocycles. The molecule has 2 nitrogen and oxygen atoms in total. The molecular weight excluding hydrogens is 253 g/mol. The fraction of sp³-hybridized carbons (Fsp3) is 0.571. The van der Waals surface area contributed by atoms with Crippen LogP contribution < -0.4 is 11.1 Å². The predicted molar refractivity (Wildman–Crippen MR) is 72.0 cm³/mol. The van der Waals surface area contributed by atoms with Crippen LogP contribution in [0.25, 0.3) is 0 Å². The van der Waals surface area contributed by atoms with Gasteiger partial charge in [-0.25, -0.2) is 0 Å². The number of hydrogen-bond acceptors (Lipinski definition) is 2. The second-order valence-corrected chi connectivity index (χ2v) is 5.40. The Kier molecular flexibility index (Phi) is 5.23. The Morgan fingerprint density at radius 2 is 1.68 bits per heavy atom. The first-order valence-corrected chi connectivity index (χ1v) is 6.34. The Morgan fingerprint density at radius 3 is 2.21 bits per heavy atom. The molecule has 1 aromatic rings. The van der Waals surface area contributed by atoms with Gasteiger partial charge in [-0.05, 0) is 30.7 Å². The van der Waals surface area contributed by atoms with Crippen LogP contribution in [0.2, 0.25) is 0 Å². The third-order valence-corrected chi connectivity index (χ3v) is 3.07. The molecular formula is C14H21F3N2. The molecule has 0 heterocycles. The van der Waals surface area contributed by atoms with E-state index in [0.29, 0.717) is 18.8 Å². The van der Waals surface area contributed by atoms with E-state index < -0.39 is 12.6 Å². The molecule has 1 aromatic carbocycles. The number of halogens is 3. The molecule has 0 radical (unpaired) electrons. The minimum Gasteiger partial charge on any atom is -0.399 e. The number of hydrogen-bond donors (Lipinski definition) is 2. The fourth-order valence-corrected chi connectivity index (χ4v) is 1.85. The standard InChI is InChI=1S/C14H21F3N2/c1-13(2,11-4-6-12(18)7-5-11)10-19-9-3-8-14(15,16)17/h4-7,19H,3,8-10,18H2,1-2H3. The van der Waals surface area contributed by atoms with Crippen molar-refractivity contribution < 1.29 is 13.2 Å². The van der Waals surface area contributed by atoms with Crippen LogP contribution in [0.4, 0.5) is 18.9 Å². The molecule has 19 heavy (non-hydrogen) atoms. The van der Waals surface area contributed by atoms with E-state index >= 15 is 0 Å². The second-order valence-electron chi connectivity index (χ2n) is 5.40. The maximum Gasteiger partial charge on any atom is 0.389 e. The van der Waals surface area contributed by atoms with Gasteiger partial charge in [-0.2, -0.15) is 13.2 Å². The van der Waals surface area contributed by atoms with Crippen molar-refractivity contribution in [3.05, 3.63) is 29.8 Å². The van der Waals surface area contributed by atoms with Gasteiger partial charge in [-0.1, -0.05) is 26.0 Å². The summed E-state index contributed by atoms with van der Waals surface area (Å²) in [5, 5.41) is 3.08.